The maximum atomic E-state index is 12.0. The number of aryl methyl sites for hydroxylation is 1. The molecule has 5 heteroatoms. The van der Waals surface area contributed by atoms with E-state index in [2.05, 4.69) is 4.98 Å². The summed E-state index contributed by atoms with van der Waals surface area (Å²) in [5, 5.41) is 9.25. The van der Waals surface area contributed by atoms with E-state index in [-0.39, 0.29) is 18.6 Å². The molecule has 1 aromatic rings. The van der Waals surface area contributed by atoms with E-state index in [0.717, 1.165) is 25.8 Å². The Bertz CT molecular complexity index is 351. The fourth-order valence-electron chi connectivity index (χ4n) is 2.31. The van der Waals surface area contributed by atoms with Gasteiger partial charge in [-0.2, -0.15) is 0 Å². The van der Waals surface area contributed by atoms with Crippen LogP contribution in [0.2, 0.25) is 0 Å². The summed E-state index contributed by atoms with van der Waals surface area (Å²) in [5.41, 5.74) is 0. The number of piperidine rings is 1. The van der Waals surface area contributed by atoms with Gasteiger partial charge in [-0.1, -0.05) is 0 Å². The summed E-state index contributed by atoms with van der Waals surface area (Å²) >= 11 is 0. The van der Waals surface area contributed by atoms with E-state index in [1.165, 1.54) is 0 Å². The van der Waals surface area contributed by atoms with Crippen molar-refractivity contribution >= 4 is 5.91 Å². The number of likely N-dealkylation sites (tertiary alicyclic amines) is 1. The Morgan fingerprint density at radius 2 is 2.35 bits per heavy atom. The average Bonchev–Trinajstić information content (AvgIpc) is 2.89. The van der Waals surface area contributed by atoms with Gasteiger partial charge in [0.15, 0.2) is 0 Å². The molecule has 2 rings (SSSR count). The Morgan fingerprint density at radius 3 is 3.06 bits per heavy atom. The molecule has 1 saturated heterocycles. The molecule has 0 aliphatic carbocycles. The zero-order valence-corrected chi connectivity index (χ0v) is 9.96. The van der Waals surface area contributed by atoms with Crippen LogP contribution in [0.3, 0.4) is 0 Å². The monoisotopic (exact) mass is 237 g/mol. The lowest BCUT2D eigenvalue weighted by Gasteiger charge is -2.34. The van der Waals surface area contributed by atoms with E-state index >= 15 is 0 Å². The highest BCUT2D eigenvalue weighted by Gasteiger charge is 2.25. The van der Waals surface area contributed by atoms with Crippen LogP contribution >= 0.6 is 0 Å². The van der Waals surface area contributed by atoms with Crippen molar-refractivity contribution in [3.63, 3.8) is 0 Å². The van der Waals surface area contributed by atoms with Gasteiger partial charge in [0.25, 0.3) is 0 Å². The minimum Gasteiger partial charge on any atom is -0.394 e. The van der Waals surface area contributed by atoms with E-state index in [4.69, 9.17) is 0 Å². The molecule has 0 saturated carbocycles. The van der Waals surface area contributed by atoms with Crippen molar-refractivity contribution in [1.29, 1.82) is 0 Å². The SMILES string of the molecule is O=C(CCn1ccnc1)N1CCCC[C@@H]1CO. The molecule has 0 radical (unpaired) electrons. The van der Waals surface area contributed by atoms with Gasteiger partial charge in [-0.15, -0.1) is 0 Å². The van der Waals surface area contributed by atoms with E-state index in [1.807, 2.05) is 15.7 Å². The number of rotatable bonds is 4. The van der Waals surface area contributed by atoms with Crippen LogP contribution in [0.25, 0.3) is 0 Å². The first kappa shape index (κ1) is 12.1. The van der Waals surface area contributed by atoms with Gasteiger partial charge >= 0.3 is 0 Å². The van der Waals surface area contributed by atoms with Gasteiger partial charge in [0.1, 0.15) is 0 Å². The van der Waals surface area contributed by atoms with Crippen LogP contribution in [0.1, 0.15) is 25.7 Å². The fourth-order valence-corrected chi connectivity index (χ4v) is 2.31. The second-order valence-electron chi connectivity index (χ2n) is 4.47. The Balaban J connectivity index is 1.85. The molecule has 1 aromatic heterocycles. The third-order valence-electron chi connectivity index (χ3n) is 3.30. The minimum absolute atomic E-state index is 0.0269. The minimum atomic E-state index is 0.0269. The molecule has 1 fully saturated rings. The number of hydrogen-bond acceptors (Lipinski definition) is 3. The van der Waals surface area contributed by atoms with Gasteiger partial charge < -0.3 is 14.6 Å². The summed E-state index contributed by atoms with van der Waals surface area (Å²) < 4.78 is 1.90. The Hall–Kier alpha value is -1.36. The van der Waals surface area contributed by atoms with Crippen molar-refractivity contribution in [2.24, 2.45) is 0 Å². The molecular formula is C12H19N3O2. The van der Waals surface area contributed by atoms with Gasteiger partial charge in [-0.25, -0.2) is 4.98 Å². The molecular weight excluding hydrogens is 218 g/mol. The molecule has 0 unspecified atom stereocenters. The van der Waals surface area contributed by atoms with Gasteiger partial charge in [-0.05, 0) is 19.3 Å². The Kier molecular flexibility index (Phi) is 4.14. The van der Waals surface area contributed by atoms with Crippen molar-refractivity contribution < 1.29 is 9.90 Å². The number of imidazole rings is 1. The second kappa shape index (κ2) is 5.82. The zero-order chi connectivity index (χ0) is 12.1. The highest BCUT2D eigenvalue weighted by atomic mass is 16.3. The van der Waals surface area contributed by atoms with E-state index in [1.54, 1.807) is 12.5 Å². The highest BCUT2D eigenvalue weighted by Crippen LogP contribution is 2.17. The maximum Gasteiger partial charge on any atom is 0.224 e. The zero-order valence-electron chi connectivity index (χ0n) is 9.96. The lowest BCUT2D eigenvalue weighted by atomic mass is 10.0. The quantitative estimate of drug-likeness (QED) is 0.836. The third-order valence-corrected chi connectivity index (χ3v) is 3.30. The van der Waals surface area contributed by atoms with Crippen LogP contribution in [-0.4, -0.2) is 44.7 Å². The number of nitrogens with zero attached hydrogens (tertiary/aromatic N) is 3. The first-order chi connectivity index (χ1) is 8.31. The van der Waals surface area contributed by atoms with E-state index in [0.29, 0.717) is 13.0 Å². The van der Waals surface area contributed by atoms with Crippen LogP contribution in [0.15, 0.2) is 18.7 Å². The largest absolute Gasteiger partial charge is 0.394 e. The molecule has 2 heterocycles. The molecule has 5 nitrogen and oxygen atoms in total. The molecule has 94 valence electrons. The second-order valence-corrected chi connectivity index (χ2v) is 4.47. The number of carbonyl (C=O) groups is 1. The van der Waals surface area contributed by atoms with Crippen LogP contribution in [-0.2, 0) is 11.3 Å². The van der Waals surface area contributed by atoms with Crippen molar-refractivity contribution in [1.82, 2.24) is 14.5 Å². The topological polar surface area (TPSA) is 58.4 Å². The molecule has 0 aromatic carbocycles. The van der Waals surface area contributed by atoms with Crippen LogP contribution < -0.4 is 0 Å². The number of carbonyl (C=O) groups excluding carboxylic acids is 1. The predicted molar refractivity (Wildman–Crippen MR) is 63.3 cm³/mol. The number of aliphatic hydroxyl groups excluding tert-OH is 1. The Morgan fingerprint density at radius 1 is 1.47 bits per heavy atom. The van der Waals surface area contributed by atoms with Crippen LogP contribution in [0.5, 0.6) is 0 Å². The fraction of sp³-hybridized carbons (Fsp3) is 0.667. The lowest BCUT2D eigenvalue weighted by molar-refractivity contribution is -0.136. The van der Waals surface area contributed by atoms with Crippen molar-refractivity contribution in [3.8, 4) is 0 Å². The third kappa shape index (κ3) is 3.06. The van der Waals surface area contributed by atoms with E-state index < -0.39 is 0 Å². The van der Waals surface area contributed by atoms with Crippen LogP contribution in [0, 0.1) is 0 Å². The lowest BCUT2D eigenvalue weighted by Crippen LogP contribution is -2.45. The van der Waals surface area contributed by atoms with Gasteiger partial charge in [0.2, 0.25) is 5.91 Å². The molecule has 1 atom stereocenters. The molecule has 1 aliphatic heterocycles. The molecule has 17 heavy (non-hydrogen) atoms. The van der Waals surface area contributed by atoms with E-state index in [9.17, 15) is 9.90 Å². The summed E-state index contributed by atoms with van der Waals surface area (Å²) in [4.78, 5) is 17.8. The normalized spacial score (nSPS) is 20.5. The number of amides is 1. The first-order valence-corrected chi connectivity index (χ1v) is 6.17. The summed E-state index contributed by atoms with van der Waals surface area (Å²) in [6.45, 7) is 1.53. The molecule has 0 spiro atoms. The Labute approximate surface area is 101 Å². The average molecular weight is 237 g/mol. The molecule has 1 amide bonds. The van der Waals surface area contributed by atoms with Gasteiger partial charge in [0.05, 0.1) is 19.0 Å². The number of aliphatic hydroxyl groups is 1. The smallest absolute Gasteiger partial charge is 0.224 e. The standard InChI is InChI=1S/C12H19N3O2/c16-9-11-3-1-2-6-15(11)12(17)4-7-14-8-5-13-10-14/h5,8,10-11,16H,1-4,6-7,9H2/t11-/m1/s1. The predicted octanol–water partition coefficient (Wildman–Crippen LogP) is 0.647. The number of hydrogen-bond donors (Lipinski definition) is 1. The summed E-state index contributed by atoms with van der Waals surface area (Å²) in [5.74, 6) is 0.137. The van der Waals surface area contributed by atoms with Crippen molar-refractivity contribution in [2.75, 3.05) is 13.2 Å². The number of aromatic nitrogens is 2. The first-order valence-electron chi connectivity index (χ1n) is 6.17. The van der Waals surface area contributed by atoms with Gasteiger partial charge in [0, 0.05) is 31.9 Å². The summed E-state index contributed by atoms with van der Waals surface area (Å²) in [6, 6.07) is 0.0269. The summed E-state index contributed by atoms with van der Waals surface area (Å²) in [7, 11) is 0. The molecule has 0 bridgehead atoms. The molecule has 1 N–H and O–H groups in total. The highest BCUT2D eigenvalue weighted by molar-refractivity contribution is 5.76. The molecule has 1 aliphatic rings. The van der Waals surface area contributed by atoms with Crippen LogP contribution in [0.4, 0.5) is 0 Å². The van der Waals surface area contributed by atoms with Crippen molar-refractivity contribution in [2.45, 2.75) is 38.3 Å². The van der Waals surface area contributed by atoms with Crippen molar-refractivity contribution in [3.05, 3.63) is 18.7 Å². The maximum absolute atomic E-state index is 12.0. The van der Waals surface area contributed by atoms with Gasteiger partial charge in [-0.3, -0.25) is 4.79 Å². The summed E-state index contributed by atoms with van der Waals surface area (Å²) in [6.07, 6.45) is 8.84.